The minimum Gasteiger partial charge on any atom is -0.381 e. The van der Waals surface area contributed by atoms with Crippen LogP contribution in [-0.2, 0) is 25.2 Å². The topological polar surface area (TPSA) is 54.2 Å². The summed E-state index contributed by atoms with van der Waals surface area (Å²) in [6, 6.07) is 10.9. The van der Waals surface area contributed by atoms with Crippen molar-refractivity contribution in [2.24, 2.45) is 0 Å². The van der Waals surface area contributed by atoms with E-state index >= 15 is 0 Å². The molecule has 0 amide bonds. The standard InChI is InChI=1S/C20H20F2N4O/c1-14(25-9-15-4-2-3-5-16(15)10-25)20(27,11-26-13-23-12-24-26)18-7-6-17(21)8-19(18)22/h2-8,12-14,27H,9-11H2,1H3/t14-,20-/m1/s1. The molecule has 4 rings (SSSR count). The number of hydrogen-bond donors (Lipinski definition) is 1. The summed E-state index contributed by atoms with van der Waals surface area (Å²) < 4.78 is 29.5. The summed E-state index contributed by atoms with van der Waals surface area (Å²) in [4.78, 5) is 5.99. The van der Waals surface area contributed by atoms with Crippen molar-refractivity contribution in [1.82, 2.24) is 19.7 Å². The molecule has 2 atom stereocenters. The van der Waals surface area contributed by atoms with Gasteiger partial charge in [-0.05, 0) is 24.1 Å². The van der Waals surface area contributed by atoms with Gasteiger partial charge in [0.2, 0.25) is 0 Å². The predicted octanol–water partition coefficient (Wildman–Crippen LogP) is 2.85. The summed E-state index contributed by atoms with van der Waals surface area (Å²) in [5.41, 5.74) is 0.801. The van der Waals surface area contributed by atoms with Crippen molar-refractivity contribution in [2.45, 2.75) is 38.2 Å². The van der Waals surface area contributed by atoms with Crippen LogP contribution < -0.4 is 0 Å². The Morgan fingerprint density at radius 2 is 1.85 bits per heavy atom. The van der Waals surface area contributed by atoms with E-state index in [1.165, 1.54) is 34.5 Å². The van der Waals surface area contributed by atoms with Gasteiger partial charge < -0.3 is 5.11 Å². The lowest BCUT2D eigenvalue weighted by molar-refractivity contribution is -0.0657. The highest BCUT2D eigenvalue weighted by Crippen LogP contribution is 2.36. The van der Waals surface area contributed by atoms with Gasteiger partial charge in [-0.3, -0.25) is 4.90 Å². The molecule has 1 N–H and O–H groups in total. The van der Waals surface area contributed by atoms with E-state index in [2.05, 4.69) is 27.1 Å². The molecular weight excluding hydrogens is 350 g/mol. The van der Waals surface area contributed by atoms with Crippen LogP contribution in [-0.4, -0.2) is 30.8 Å². The lowest BCUT2D eigenvalue weighted by Gasteiger charge is -2.39. The molecule has 1 aliphatic heterocycles. The van der Waals surface area contributed by atoms with Gasteiger partial charge in [0.15, 0.2) is 0 Å². The Balaban J connectivity index is 1.71. The largest absolute Gasteiger partial charge is 0.381 e. The van der Waals surface area contributed by atoms with Gasteiger partial charge in [0, 0.05) is 30.8 Å². The lowest BCUT2D eigenvalue weighted by atomic mass is 9.85. The van der Waals surface area contributed by atoms with Crippen LogP contribution >= 0.6 is 0 Å². The third kappa shape index (κ3) is 3.24. The van der Waals surface area contributed by atoms with Crippen molar-refractivity contribution in [3.8, 4) is 0 Å². The van der Waals surface area contributed by atoms with Crippen molar-refractivity contribution in [2.75, 3.05) is 0 Å². The minimum atomic E-state index is -1.62. The molecule has 27 heavy (non-hydrogen) atoms. The molecule has 1 aliphatic rings. The van der Waals surface area contributed by atoms with Crippen LogP contribution in [0.4, 0.5) is 8.78 Å². The number of aromatic nitrogens is 3. The highest BCUT2D eigenvalue weighted by molar-refractivity contribution is 5.32. The SMILES string of the molecule is C[C@@H](N1Cc2ccccc2C1)[C@](O)(Cn1cncn1)c1ccc(F)cc1F. The zero-order chi connectivity index (χ0) is 19.0. The first-order valence-corrected chi connectivity index (χ1v) is 8.78. The van der Waals surface area contributed by atoms with E-state index in [9.17, 15) is 13.9 Å². The van der Waals surface area contributed by atoms with Crippen LogP contribution in [0.2, 0.25) is 0 Å². The van der Waals surface area contributed by atoms with Crippen molar-refractivity contribution in [3.63, 3.8) is 0 Å². The van der Waals surface area contributed by atoms with Crippen LogP contribution in [0.25, 0.3) is 0 Å². The van der Waals surface area contributed by atoms with Crippen LogP contribution in [0.15, 0.2) is 55.1 Å². The first-order chi connectivity index (χ1) is 13.0. The highest BCUT2D eigenvalue weighted by Gasteiger charge is 2.43. The molecule has 3 aromatic rings. The second-order valence-electron chi connectivity index (χ2n) is 6.99. The van der Waals surface area contributed by atoms with Gasteiger partial charge >= 0.3 is 0 Å². The molecule has 2 aromatic carbocycles. The van der Waals surface area contributed by atoms with Crippen molar-refractivity contribution < 1.29 is 13.9 Å². The Morgan fingerprint density at radius 1 is 1.15 bits per heavy atom. The number of benzene rings is 2. The first kappa shape index (κ1) is 17.8. The van der Waals surface area contributed by atoms with E-state index in [1.807, 2.05) is 19.1 Å². The van der Waals surface area contributed by atoms with E-state index in [0.717, 1.165) is 12.1 Å². The smallest absolute Gasteiger partial charge is 0.137 e. The molecule has 0 bridgehead atoms. The average molecular weight is 370 g/mol. The normalized spacial score (nSPS) is 17.5. The average Bonchev–Trinajstić information content (AvgIpc) is 3.29. The maximum atomic E-state index is 14.6. The molecule has 0 unspecified atom stereocenters. The van der Waals surface area contributed by atoms with Gasteiger partial charge in [0.25, 0.3) is 0 Å². The number of aliphatic hydroxyl groups is 1. The van der Waals surface area contributed by atoms with E-state index in [4.69, 9.17) is 0 Å². The van der Waals surface area contributed by atoms with Crippen molar-refractivity contribution in [3.05, 3.63) is 83.4 Å². The summed E-state index contributed by atoms with van der Waals surface area (Å²) in [6.45, 7) is 3.16. The minimum absolute atomic E-state index is 0.00354. The molecule has 0 saturated heterocycles. The fraction of sp³-hybridized carbons (Fsp3) is 0.300. The summed E-state index contributed by atoms with van der Waals surface area (Å²) in [6.07, 6.45) is 2.83. The molecule has 0 radical (unpaired) electrons. The fourth-order valence-electron chi connectivity index (χ4n) is 3.78. The quantitative estimate of drug-likeness (QED) is 0.750. The van der Waals surface area contributed by atoms with E-state index in [0.29, 0.717) is 13.1 Å². The summed E-state index contributed by atoms with van der Waals surface area (Å²) >= 11 is 0. The van der Waals surface area contributed by atoms with Crippen LogP contribution in [0.1, 0.15) is 23.6 Å². The zero-order valence-electron chi connectivity index (χ0n) is 14.9. The molecule has 0 aliphatic carbocycles. The lowest BCUT2D eigenvalue weighted by Crippen LogP contribution is -2.50. The molecule has 0 fully saturated rings. The molecule has 5 nitrogen and oxygen atoms in total. The number of halogens is 2. The number of nitrogens with zero attached hydrogens (tertiary/aromatic N) is 4. The van der Waals surface area contributed by atoms with Crippen LogP contribution in [0.3, 0.4) is 0 Å². The molecule has 1 aromatic heterocycles. The Morgan fingerprint density at radius 3 is 2.44 bits per heavy atom. The van der Waals surface area contributed by atoms with Crippen molar-refractivity contribution in [1.29, 1.82) is 0 Å². The molecule has 140 valence electrons. The van der Waals surface area contributed by atoms with Crippen LogP contribution in [0.5, 0.6) is 0 Å². The highest BCUT2D eigenvalue weighted by atomic mass is 19.1. The first-order valence-electron chi connectivity index (χ1n) is 8.78. The molecule has 0 spiro atoms. The van der Waals surface area contributed by atoms with Gasteiger partial charge in [-0.25, -0.2) is 18.4 Å². The fourth-order valence-corrected chi connectivity index (χ4v) is 3.78. The zero-order valence-corrected chi connectivity index (χ0v) is 14.9. The van der Waals surface area contributed by atoms with E-state index in [-0.39, 0.29) is 12.1 Å². The molecule has 2 heterocycles. The van der Waals surface area contributed by atoms with Gasteiger partial charge in [0.1, 0.15) is 29.9 Å². The van der Waals surface area contributed by atoms with Gasteiger partial charge in [-0.2, -0.15) is 5.10 Å². The van der Waals surface area contributed by atoms with E-state index < -0.39 is 23.3 Å². The predicted molar refractivity (Wildman–Crippen MR) is 95.4 cm³/mol. The third-order valence-corrected chi connectivity index (χ3v) is 5.37. The number of rotatable bonds is 5. The monoisotopic (exact) mass is 370 g/mol. The summed E-state index contributed by atoms with van der Waals surface area (Å²) in [5, 5.41) is 15.7. The molecular formula is C20H20F2N4O. The molecule has 0 saturated carbocycles. The Hall–Kier alpha value is -2.64. The Kier molecular flexibility index (Phi) is 4.49. The third-order valence-electron chi connectivity index (χ3n) is 5.37. The maximum Gasteiger partial charge on any atom is 0.137 e. The summed E-state index contributed by atoms with van der Waals surface area (Å²) in [7, 11) is 0. The summed E-state index contributed by atoms with van der Waals surface area (Å²) in [5.74, 6) is -1.46. The maximum absolute atomic E-state index is 14.6. The van der Waals surface area contributed by atoms with Gasteiger partial charge in [-0.1, -0.05) is 30.3 Å². The van der Waals surface area contributed by atoms with Gasteiger partial charge in [0.05, 0.1) is 6.54 Å². The number of hydrogen-bond acceptors (Lipinski definition) is 4. The van der Waals surface area contributed by atoms with E-state index in [1.54, 1.807) is 0 Å². The van der Waals surface area contributed by atoms with Crippen LogP contribution in [0, 0.1) is 11.6 Å². The number of fused-ring (bicyclic) bond motifs is 1. The second-order valence-corrected chi connectivity index (χ2v) is 6.99. The Bertz CT molecular complexity index is 922. The Labute approximate surface area is 155 Å². The molecule has 7 heteroatoms. The second kappa shape index (κ2) is 6.83. The van der Waals surface area contributed by atoms with Crippen molar-refractivity contribution >= 4 is 0 Å². The van der Waals surface area contributed by atoms with Gasteiger partial charge in [-0.15, -0.1) is 0 Å².